The van der Waals surface area contributed by atoms with Crippen molar-refractivity contribution in [2.75, 3.05) is 11.4 Å². The van der Waals surface area contributed by atoms with E-state index >= 15 is 0 Å². The minimum absolute atomic E-state index is 0.0577. The van der Waals surface area contributed by atoms with Crippen molar-refractivity contribution in [3.63, 3.8) is 0 Å². The molecule has 110 valence electrons. The van der Waals surface area contributed by atoms with E-state index in [1.54, 1.807) is 25.1 Å². The fraction of sp³-hybridized carbons (Fsp3) is 0.286. The lowest BCUT2D eigenvalue weighted by Gasteiger charge is -2.20. The van der Waals surface area contributed by atoms with Crippen LogP contribution in [0.25, 0.3) is 0 Å². The predicted molar refractivity (Wildman–Crippen MR) is 76.3 cm³/mol. The van der Waals surface area contributed by atoms with Crippen LogP contribution in [-0.4, -0.2) is 22.5 Å². The largest absolute Gasteiger partial charge is 0.361 e. The second kappa shape index (κ2) is 6.17. The van der Waals surface area contributed by atoms with Gasteiger partial charge in [-0.25, -0.2) is 0 Å². The molecule has 2 rings (SSSR count). The summed E-state index contributed by atoms with van der Waals surface area (Å²) in [6.45, 7) is 4.05. The van der Waals surface area contributed by atoms with Gasteiger partial charge in [-0.3, -0.25) is 14.9 Å². The van der Waals surface area contributed by atoms with Gasteiger partial charge in [-0.1, -0.05) is 18.1 Å². The molecule has 0 spiro atoms. The summed E-state index contributed by atoms with van der Waals surface area (Å²) in [5, 5.41) is 14.6. The summed E-state index contributed by atoms with van der Waals surface area (Å²) in [5.74, 6) is 0.197. The Morgan fingerprint density at radius 1 is 1.43 bits per heavy atom. The first-order valence-corrected chi connectivity index (χ1v) is 6.52. The Kier molecular flexibility index (Phi) is 4.32. The zero-order chi connectivity index (χ0) is 15.4. The maximum Gasteiger partial charge on any atom is 0.280 e. The predicted octanol–water partition coefficient (Wildman–Crippen LogP) is 2.95. The van der Waals surface area contributed by atoms with Crippen molar-refractivity contribution in [1.82, 2.24) is 5.16 Å². The molecule has 0 aliphatic rings. The number of aromatic nitrogens is 1. The van der Waals surface area contributed by atoms with Crippen LogP contribution in [0.2, 0.25) is 0 Å². The molecule has 1 heterocycles. The molecule has 0 N–H and O–H groups in total. The molecular weight excluding hydrogens is 274 g/mol. The molecule has 0 atom stereocenters. The summed E-state index contributed by atoms with van der Waals surface area (Å²) >= 11 is 0. The highest BCUT2D eigenvalue weighted by Gasteiger charge is 2.21. The number of carbonyl (C=O) groups is 1. The van der Waals surface area contributed by atoms with Crippen molar-refractivity contribution in [2.24, 2.45) is 0 Å². The van der Waals surface area contributed by atoms with Gasteiger partial charge in [0.1, 0.15) is 5.76 Å². The van der Waals surface area contributed by atoms with E-state index in [0.717, 1.165) is 0 Å². The van der Waals surface area contributed by atoms with Gasteiger partial charge in [0, 0.05) is 24.7 Å². The molecule has 1 aromatic carbocycles. The van der Waals surface area contributed by atoms with Crippen LogP contribution >= 0.6 is 0 Å². The van der Waals surface area contributed by atoms with E-state index < -0.39 is 4.92 Å². The number of nitro benzene ring substituents is 1. The van der Waals surface area contributed by atoms with Gasteiger partial charge in [0.05, 0.1) is 10.6 Å². The molecule has 0 aliphatic heterocycles. The fourth-order valence-electron chi connectivity index (χ4n) is 1.95. The number of rotatable bonds is 5. The lowest BCUT2D eigenvalue weighted by Crippen LogP contribution is -2.31. The monoisotopic (exact) mass is 289 g/mol. The number of amides is 1. The van der Waals surface area contributed by atoms with Crippen LogP contribution in [0.15, 0.2) is 34.9 Å². The summed E-state index contributed by atoms with van der Waals surface area (Å²) in [7, 11) is 0. The summed E-state index contributed by atoms with van der Waals surface area (Å²) in [5.41, 5.74) is 0.599. The van der Waals surface area contributed by atoms with E-state index in [0.29, 0.717) is 24.4 Å². The summed E-state index contributed by atoms with van der Waals surface area (Å²) in [6, 6.07) is 7.52. The molecular formula is C14H15N3O4. The number of hydrogen-bond donors (Lipinski definition) is 0. The van der Waals surface area contributed by atoms with Gasteiger partial charge in [-0.15, -0.1) is 0 Å². The molecule has 0 bridgehead atoms. The zero-order valence-electron chi connectivity index (χ0n) is 11.8. The van der Waals surface area contributed by atoms with Crippen LogP contribution in [-0.2, 0) is 0 Å². The molecule has 0 radical (unpaired) electrons. The SMILES string of the molecule is CCCN(C(=O)c1cc(C)on1)c1cccc([N+](=O)[O-])c1. The number of carbonyl (C=O) groups excluding carboxylic acids is 1. The van der Waals surface area contributed by atoms with E-state index in [2.05, 4.69) is 5.16 Å². The van der Waals surface area contributed by atoms with Crippen molar-refractivity contribution in [3.8, 4) is 0 Å². The Morgan fingerprint density at radius 2 is 2.19 bits per heavy atom. The van der Waals surface area contributed by atoms with Gasteiger partial charge in [-0.05, 0) is 19.4 Å². The Hall–Kier alpha value is -2.70. The minimum Gasteiger partial charge on any atom is -0.361 e. The first kappa shape index (κ1) is 14.7. The van der Waals surface area contributed by atoms with Crippen LogP contribution < -0.4 is 4.90 Å². The second-order valence-electron chi connectivity index (χ2n) is 4.56. The Bertz CT molecular complexity index is 666. The Morgan fingerprint density at radius 3 is 2.76 bits per heavy atom. The first-order chi connectivity index (χ1) is 10.0. The fourth-order valence-corrected chi connectivity index (χ4v) is 1.95. The maximum atomic E-state index is 12.5. The van der Waals surface area contributed by atoms with Crippen molar-refractivity contribution in [2.45, 2.75) is 20.3 Å². The van der Waals surface area contributed by atoms with Crippen molar-refractivity contribution in [1.29, 1.82) is 0 Å². The quantitative estimate of drug-likeness (QED) is 0.623. The van der Waals surface area contributed by atoms with E-state index in [9.17, 15) is 14.9 Å². The number of aryl methyl sites for hydroxylation is 1. The van der Waals surface area contributed by atoms with Gasteiger partial charge in [0.25, 0.3) is 11.6 Å². The Labute approximate surface area is 121 Å². The van der Waals surface area contributed by atoms with Crippen LogP contribution in [0.1, 0.15) is 29.6 Å². The van der Waals surface area contributed by atoms with E-state index in [1.165, 1.54) is 17.0 Å². The van der Waals surface area contributed by atoms with Crippen LogP contribution in [0.3, 0.4) is 0 Å². The molecule has 0 unspecified atom stereocenters. The van der Waals surface area contributed by atoms with E-state index in [-0.39, 0.29) is 17.3 Å². The number of non-ortho nitro benzene ring substituents is 1. The number of nitrogens with zero attached hydrogens (tertiary/aromatic N) is 3. The Balaban J connectivity index is 2.36. The normalized spacial score (nSPS) is 10.4. The molecule has 0 fully saturated rings. The van der Waals surface area contributed by atoms with Crippen molar-refractivity contribution >= 4 is 17.3 Å². The van der Waals surface area contributed by atoms with Crippen LogP contribution in [0.5, 0.6) is 0 Å². The number of hydrogen-bond acceptors (Lipinski definition) is 5. The highest BCUT2D eigenvalue weighted by atomic mass is 16.6. The molecule has 0 saturated carbocycles. The molecule has 1 amide bonds. The van der Waals surface area contributed by atoms with E-state index in [4.69, 9.17) is 4.52 Å². The summed E-state index contributed by atoms with van der Waals surface area (Å²) in [4.78, 5) is 24.3. The zero-order valence-corrected chi connectivity index (χ0v) is 11.8. The molecule has 2 aromatic rings. The molecule has 1 aromatic heterocycles. The number of nitro groups is 1. The summed E-state index contributed by atoms with van der Waals surface area (Å²) in [6.07, 6.45) is 0.714. The maximum absolute atomic E-state index is 12.5. The summed E-state index contributed by atoms with van der Waals surface area (Å²) < 4.78 is 4.91. The highest BCUT2D eigenvalue weighted by molar-refractivity contribution is 6.04. The number of benzene rings is 1. The second-order valence-corrected chi connectivity index (χ2v) is 4.56. The third-order valence-corrected chi connectivity index (χ3v) is 2.89. The van der Waals surface area contributed by atoms with Gasteiger partial charge >= 0.3 is 0 Å². The average molecular weight is 289 g/mol. The first-order valence-electron chi connectivity index (χ1n) is 6.52. The minimum atomic E-state index is -0.488. The van der Waals surface area contributed by atoms with Gasteiger partial charge in [0.2, 0.25) is 0 Å². The molecule has 21 heavy (non-hydrogen) atoms. The highest BCUT2D eigenvalue weighted by Crippen LogP contribution is 2.23. The molecule has 0 aliphatic carbocycles. The lowest BCUT2D eigenvalue weighted by molar-refractivity contribution is -0.384. The van der Waals surface area contributed by atoms with Gasteiger partial charge in [-0.2, -0.15) is 0 Å². The van der Waals surface area contributed by atoms with Gasteiger partial charge < -0.3 is 9.42 Å². The lowest BCUT2D eigenvalue weighted by atomic mass is 10.2. The average Bonchev–Trinajstić information content (AvgIpc) is 2.91. The standard InChI is InChI=1S/C14H15N3O4/c1-3-7-16(14(18)13-8-10(2)21-15-13)11-5-4-6-12(9-11)17(19)20/h4-6,8-9H,3,7H2,1-2H3. The molecule has 7 heteroatoms. The van der Waals surface area contributed by atoms with Crippen LogP contribution in [0, 0.1) is 17.0 Å². The van der Waals surface area contributed by atoms with Crippen LogP contribution in [0.4, 0.5) is 11.4 Å². The third-order valence-electron chi connectivity index (χ3n) is 2.89. The smallest absolute Gasteiger partial charge is 0.280 e. The molecule has 7 nitrogen and oxygen atoms in total. The van der Waals surface area contributed by atoms with E-state index in [1.807, 2.05) is 6.92 Å². The topological polar surface area (TPSA) is 89.5 Å². The third kappa shape index (κ3) is 3.25. The van der Waals surface area contributed by atoms with Gasteiger partial charge in [0.15, 0.2) is 5.69 Å². The van der Waals surface area contributed by atoms with Crippen molar-refractivity contribution in [3.05, 3.63) is 51.9 Å². The molecule has 0 saturated heterocycles. The number of anilines is 1. The van der Waals surface area contributed by atoms with Crippen molar-refractivity contribution < 1.29 is 14.2 Å².